The average Bonchev–Trinajstić information content (AvgIpc) is 2.89. The Morgan fingerprint density at radius 1 is 0.972 bits per heavy atom. The van der Waals surface area contributed by atoms with E-state index in [9.17, 15) is 32.3 Å². The van der Waals surface area contributed by atoms with Gasteiger partial charge in [-0.2, -0.15) is 0 Å². The van der Waals surface area contributed by atoms with E-state index < -0.39 is 41.4 Å². The van der Waals surface area contributed by atoms with E-state index in [1.54, 1.807) is 13.0 Å². The number of nitrogens with zero attached hydrogens (tertiary/aromatic N) is 1. The smallest absolute Gasteiger partial charge is 0.281 e. The fourth-order valence-corrected chi connectivity index (χ4v) is 4.24. The number of anilines is 2. The van der Waals surface area contributed by atoms with E-state index in [0.717, 1.165) is 19.1 Å². The van der Waals surface area contributed by atoms with Crippen LogP contribution in [0.2, 0.25) is 0 Å². The number of benzene rings is 3. The Kier molecular flexibility index (Phi) is 6.38. The summed E-state index contributed by atoms with van der Waals surface area (Å²) in [7, 11) is 0. The number of carbonyl (C=O) groups is 2. The van der Waals surface area contributed by atoms with Gasteiger partial charge in [0, 0.05) is 35.3 Å². The molecule has 0 unspecified atom stereocenters. The molecular formula is C27H24F4N2O3. The van der Waals surface area contributed by atoms with Gasteiger partial charge in [0.1, 0.15) is 0 Å². The lowest BCUT2D eigenvalue weighted by molar-refractivity contribution is -0.177. The maximum Gasteiger partial charge on any atom is 0.281 e. The van der Waals surface area contributed by atoms with Crippen LogP contribution in [0.5, 0.6) is 0 Å². The van der Waals surface area contributed by atoms with Gasteiger partial charge in [0.25, 0.3) is 17.7 Å². The molecule has 1 aliphatic rings. The van der Waals surface area contributed by atoms with Gasteiger partial charge in [0.2, 0.25) is 0 Å². The molecule has 188 valence electrons. The first-order valence-corrected chi connectivity index (χ1v) is 11.2. The van der Waals surface area contributed by atoms with E-state index in [0.29, 0.717) is 11.3 Å². The number of hydrogen-bond acceptors (Lipinski definition) is 3. The molecule has 3 aromatic rings. The zero-order chi connectivity index (χ0) is 26.4. The fourth-order valence-electron chi connectivity index (χ4n) is 4.24. The third-order valence-electron chi connectivity index (χ3n) is 6.48. The highest BCUT2D eigenvalue weighted by Gasteiger charge is 2.53. The Morgan fingerprint density at radius 2 is 1.61 bits per heavy atom. The van der Waals surface area contributed by atoms with E-state index in [4.69, 9.17) is 0 Å². The number of carbonyl (C=O) groups excluding carboxylic acids is 2. The molecule has 1 atom stereocenters. The SMILES string of the molecule is Cc1ccc2c(c1)[C@@](C)(O)C(F)(F)CCN2C(=O)c1ccc(NC(=O)c2cc(F)c(F)cc2C)cc1. The van der Waals surface area contributed by atoms with E-state index in [1.807, 2.05) is 0 Å². The molecule has 0 aromatic heterocycles. The molecule has 0 fully saturated rings. The predicted molar refractivity (Wildman–Crippen MR) is 127 cm³/mol. The molecule has 0 bridgehead atoms. The largest absolute Gasteiger partial charge is 0.379 e. The molecule has 0 spiro atoms. The first-order valence-electron chi connectivity index (χ1n) is 11.2. The summed E-state index contributed by atoms with van der Waals surface area (Å²) < 4.78 is 56.5. The second-order valence-electron chi connectivity index (χ2n) is 9.12. The topological polar surface area (TPSA) is 69.6 Å². The summed E-state index contributed by atoms with van der Waals surface area (Å²) in [6.07, 6.45) is -0.735. The van der Waals surface area contributed by atoms with Gasteiger partial charge in [0.15, 0.2) is 17.2 Å². The molecule has 3 aromatic carbocycles. The summed E-state index contributed by atoms with van der Waals surface area (Å²) >= 11 is 0. The van der Waals surface area contributed by atoms with E-state index >= 15 is 0 Å². The van der Waals surface area contributed by atoms with Crippen molar-refractivity contribution in [3.8, 4) is 0 Å². The summed E-state index contributed by atoms with van der Waals surface area (Å²) in [6.45, 7) is 3.92. The summed E-state index contributed by atoms with van der Waals surface area (Å²) in [6, 6.07) is 12.1. The Labute approximate surface area is 205 Å². The molecule has 2 N–H and O–H groups in total. The lowest BCUT2D eigenvalue weighted by Gasteiger charge is -2.32. The van der Waals surface area contributed by atoms with Crippen LogP contribution in [0.3, 0.4) is 0 Å². The molecule has 0 saturated carbocycles. The van der Waals surface area contributed by atoms with Crippen LogP contribution in [0, 0.1) is 25.5 Å². The van der Waals surface area contributed by atoms with Gasteiger partial charge >= 0.3 is 0 Å². The van der Waals surface area contributed by atoms with Crippen LogP contribution in [-0.4, -0.2) is 29.4 Å². The average molecular weight is 500 g/mol. The van der Waals surface area contributed by atoms with Gasteiger partial charge in [-0.1, -0.05) is 17.7 Å². The van der Waals surface area contributed by atoms with Crippen LogP contribution >= 0.6 is 0 Å². The van der Waals surface area contributed by atoms with Gasteiger partial charge in [-0.3, -0.25) is 9.59 Å². The van der Waals surface area contributed by atoms with Crippen molar-refractivity contribution in [3.05, 3.63) is 94.0 Å². The van der Waals surface area contributed by atoms with Crippen molar-refractivity contribution in [2.75, 3.05) is 16.8 Å². The molecule has 5 nitrogen and oxygen atoms in total. The van der Waals surface area contributed by atoms with E-state index in [2.05, 4.69) is 5.32 Å². The number of aryl methyl sites for hydroxylation is 2. The van der Waals surface area contributed by atoms with E-state index in [-0.39, 0.29) is 34.5 Å². The Balaban J connectivity index is 1.60. The number of rotatable bonds is 3. The number of halogens is 4. The molecule has 36 heavy (non-hydrogen) atoms. The van der Waals surface area contributed by atoms with Crippen molar-refractivity contribution in [1.29, 1.82) is 0 Å². The normalized spacial score (nSPS) is 18.8. The third-order valence-corrected chi connectivity index (χ3v) is 6.48. The minimum atomic E-state index is -3.46. The van der Waals surface area contributed by atoms with Gasteiger partial charge in [-0.15, -0.1) is 0 Å². The molecule has 0 aliphatic carbocycles. The number of nitrogens with one attached hydrogen (secondary N) is 1. The van der Waals surface area contributed by atoms with Gasteiger partial charge in [0.05, 0.1) is 5.69 Å². The number of hydrogen-bond donors (Lipinski definition) is 2. The number of amides is 2. The zero-order valence-electron chi connectivity index (χ0n) is 19.8. The van der Waals surface area contributed by atoms with Gasteiger partial charge in [-0.05, 0) is 68.8 Å². The van der Waals surface area contributed by atoms with Crippen LogP contribution in [-0.2, 0) is 5.60 Å². The van der Waals surface area contributed by atoms with Gasteiger partial charge in [-0.25, -0.2) is 17.6 Å². The molecule has 2 amide bonds. The van der Waals surface area contributed by atoms with Crippen LogP contribution in [0.25, 0.3) is 0 Å². The second-order valence-corrected chi connectivity index (χ2v) is 9.12. The monoisotopic (exact) mass is 500 g/mol. The summed E-state index contributed by atoms with van der Waals surface area (Å²) in [5, 5.41) is 13.3. The second kappa shape index (κ2) is 9.05. The first-order chi connectivity index (χ1) is 16.8. The highest BCUT2D eigenvalue weighted by atomic mass is 19.3. The van der Waals surface area contributed by atoms with Crippen molar-refractivity contribution >= 4 is 23.2 Å². The van der Waals surface area contributed by atoms with Crippen molar-refractivity contribution in [2.45, 2.75) is 38.7 Å². The van der Waals surface area contributed by atoms with Crippen LogP contribution in [0.1, 0.15) is 50.8 Å². The molecule has 4 rings (SSSR count). The molecule has 1 heterocycles. The highest BCUT2D eigenvalue weighted by Crippen LogP contribution is 2.46. The third kappa shape index (κ3) is 4.46. The lowest BCUT2D eigenvalue weighted by atomic mass is 9.87. The summed E-state index contributed by atoms with van der Waals surface area (Å²) in [5.74, 6) is -6.88. The van der Waals surface area contributed by atoms with Gasteiger partial charge < -0.3 is 15.3 Å². The minimum Gasteiger partial charge on any atom is -0.379 e. The molecular weight excluding hydrogens is 476 g/mol. The zero-order valence-corrected chi connectivity index (χ0v) is 19.8. The Morgan fingerprint density at radius 3 is 2.28 bits per heavy atom. The molecule has 0 radical (unpaired) electrons. The highest BCUT2D eigenvalue weighted by molar-refractivity contribution is 6.08. The van der Waals surface area contributed by atoms with Crippen molar-refractivity contribution in [3.63, 3.8) is 0 Å². The number of alkyl halides is 2. The number of fused-ring (bicyclic) bond motifs is 1. The standard InChI is InChI=1S/C27H24F4N2O3/c1-15-4-9-23-20(12-15)26(3,36)27(30,31)10-11-33(23)25(35)17-5-7-18(8-6-17)32-24(34)19-14-22(29)21(28)13-16(19)2/h4-9,12-14,36H,10-11H2,1-3H3,(H,32,34)/t26-/m1/s1. The molecule has 9 heteroatoms. The summed E-state index contributed by atoms with van der Waals surface area (Å²) in [5.41, 5.74) is -0.969. The molecule has 0 saturated heterocycles. The van der Waals surface area contributed by atoms with Crippen LogP contribution < -0.4 is 10.2 Å². The van der Waals surface area contributed by atoms with Crippen LogP contribution in [0.15, 0.2) is 54.6 Å². The first kappa shape index (κ1) is 25.4. The Bertz CT molecular complexity index is 1350. The maximum absolute atomic E-state index is 14.8. The van der Waals surface area contributed by atoms with Crippen molar-refractivity contribution in [1.82, 2.24) is 0 Å². The van der Waals surface area contributed by atoms with Crippen LogP contribution in [0.4, 0.5) is 28.9 Å². The quantitative estimate of drug-likeness (QED) is 0.452. The van der Waals surface area contributed by atoms with E-state index in [1.165, 1.54) is 48.2 Å². The van der Waals surface area contributed by atoms with Crippen molar-refractivity contribution < 1.29 is 32.3 Å². The van der Waals surface area contributed by atoms with Crippen molar-refractivity contribution in [2.24, 2.45) is 0 Å². The predicted octanol–water partition coefficient (Wildman–Crippen LogP) is 5.73. The maximum atomic E-state index is 14.8. The fraction of sp³-hybridized carbons (Fsp3) is 0.259. The summed E-state index contributed by atoms with van der Waals surface area (Å²) in [4.78, 5) is 27.1. The molecule has 1 aliphatic heterocycles. The Hall–Kier alpha value is -3.72. The number of aliphatic hydroxyl groups is 1. The lowest BCUT2D eigenvalue weighted by Crippen LogP contribution is -2.42. The minimum absolute atomic E-state index is 0.0378.